The molecule has 11 heteroatoms. The number of ketones is 1. The van der Waals surface area contributed by atoms with Gasteiger partial charge in [-0.05, 0) is 48.0 Å². The number of benzene rings is 2. The molecule has 164 valence electrons. The summed E-state index contributed by atoms with van der Waals surface area (Å²) in [6, 6.07) is 13.6. The number of nitrogens with one attached hydrogen (secondary N) is 1. The molecule has 0 aliphatic heterocycles. The normalized spacial score (nSPS) is 11.7. The Kier molecular flexibility index (Phi) is 6.09. The molecule has 0 bridgehead atoms. The Balaban J connectivity index is 1.56. The molecule has 0 aliphatic carbocycles. The number of thiophene rings is 1. The van der Waals surface area contributed by atoms with E-state index in [4.69, 9.17) is 23.2 Å². The van der Waals surface area contributed by atoms with Crippen LogP contribution < -0.4 is 11.2 Å². The van der Waals surface area contributed by atoms with E-state index < -0.39 is 32.6 Å². The monoisotopic (exact) mass is 508 g/mol. The Morgan fingerprint density at radius 2 is 1.72 bits per heavy atom. The van der Waals surface area contributed by atoms with Gasteiger partial charge in [0, 0.05) is 11.4 Å². The highest BCUT2D eigenvalue weighted by molar-refractivity contribution is 7.94. The van der Waals surface area contributed by atoms with Gasteiger partial charge in [0.25, 0.3) is 5.56 Å². The Labute approximate surface area is 195 Å². The molecular weight excluding hydrogens is 495 g/mol. The molecule has 32 heavy (non-hydrogen) atoms. The van der Waals surface area contributed by atoms with E-state index in [1.165, 1.54) is 36.4 Å². The van der Waals surface area contributed by atoms with Crippen LogP contribution in [0.4, 0.5) is 0 Å². The minimum absolute atomic E-state index is 0.0439. The topological polar surface area (TPSA) is 106 Å². The van der Waals surface area contributed by atoms with E-state index in [9.17, 15) is 22.8 Å². The number of carbonyl (C=O) groups is 1. The highest BCUT2D eigenvalue weighted by Crippen LogP contribution is 2.26. The van der Waals surface area contributed by atoms with Crippen LogP contribution >= 0.6 is 34.5 Å². The van der Waals surface area contributed by atoms with Crippen LogP contribution in [0.1, 0.15) is 5.56 Å². The summed E-state index contributed by atoms with van der Waals surface area (Å²) in [6.07, 6.45) is -0.111. The van der Waals surface area contributed by atoms with Crippen molar-refractivity contribution < 1.29 is 13.2 Å². The third-order valence-electron chi connectivity index (χ3n) is 4.66. The number of hydrogen-bond donors (Lipinski definition) is 1. The summed E-state index contributed by atoms with van der Waals surface area (Å²) in [4.78, 5) is 40.2. The zero-order valence-corrected chi connectivity index (χ0v) is 19.3. The molecule has 0 saturated carbocycles. The maximum absolute atomic E-state index is 12.8. The summed E-state index contributed by atoms with van der Waals surface area (Å²) in [7, 11) is -3.76. The highest BCUT2D eigenvalue weighted by atomic mass is 35.5. The molecule has 0 atom stereocenters. The van der Waals surface area contributed by atoms with Crippen molar-refractivity contribution in [1.82, 2.24) is 9.55 Å². The maximum Gasteiger partial charge on any atom is 0.333 e. The number of fused-ring (bicyclic) bond motifs is 1. The van der Waals surface area contributed by atoms with Gasteiger partial charge in [-0.25, -0.2) is 17.8 Å². The first-order chi connectivity index (χ1) is 15.1. The van der Waals surface area contributed by atoms with E-state index in [2.05, 4.69) is 4.98 Å². The zero-order chi connectivity index (χ0) is 23.0. The molecule has 0 amide bonds. The fraction of sp³-hybridized carbons (Fsp3) is 0.0952. The molecule has 4 aromatic rings. The number of hydrogen-bond acceptors (Lipinski definition) is 6. The van der Waals surface area contributed by atoms with E-state index in [1.807, 2.05) is 0 Å². The standard InChI is InChI=1S/C21H14Cl2N2O5S2/c22-13-3-6-16-17(10-13)24-21(28)25(20(16)27)14-4-1-12(2-5-14)9-15(26)11-32(29,30)19-8-7-18(23)31-19/h1-8,10H,9,11H2,(H,24,28). The molecule has 0 fully saturated rings. The van der Waals surface area contributed by atoms with Gasteiger partial charge in [-0.1, -0.05) is 35.3 Å². The van der Waals surface area contributed by atoms with Crippen LogP contribution in [0.5, 0.6) is 0 Å². The van der Waals surface area contributed by atoms with Crippen molar-refractivity contribution >= 4 is 61.1 Å². The third-order valence-corrected chi connectivity index (χ3v) is 8.39. The largest absolute Gasteiger partial charge is 0.333 e. The van der Waals surface area contributed by atoms with Crippen LogP contribution in [-0.2, 0) is 21.1 Å². The van der Waals surface area contributed by atoms with Crippen LogP contribution in [0.2, 0.25) is 9.36 Å². The lowest BCUT2D eigenvalue weighted by molar-refractivity contribution is -0.116. The van der Waals surface area contributed by atoms with Gasteiger partial charge in [0.15, 0.2) is 15.6 Å². The average Bonchev–Trinajstić information content (AvgIpc) is 3.16. The second kappa shape index (κ2) is 8.67. The highest BCUT2D eigenvalue weighted by Gasteiger charge is 2.21. The van der Waals surface area contributed by atoms with Crippen LogP contribution in [0.3, 0.4) is 0 Å². The molecule has 0 aliphatic rings. The molecule has 2 aromatic heterocycles. The summed E-state index contributed by atoms with van der Waals surface area (Å²) in [6.45, 7) is 0. The quantitative estimate of drug-likeness (QED) is 0.427. The predicted octanol–water partition coefficient (Wildman–Crippen LogP) is 3.63. The molecular formula is C21H14Cl2N2O5S2. The van der Waals surface area contributed by atoms with E-state index >= 15 is 0 Å². The van der Waals surface area contributed by atoms with Crippen molar-refractivity contribution in [1.29, 1.82) is 0 Å². The molecule has 1 N–H and O–H groups in total. The second-order valence-electron chi connectivity index (χ2n) is 6.96. The Hall–Kier alpha value is -2.72. The Bertz CT molecular complexity index is 1570. The molecule has 0 spiro atoms. The number of aromatic nitrogens is 2. The minimum Gasteiger partial charge on any atom is -0.306 e. The number of nitrogens with zero attached hydrogens (tertiary/aromatic N) is 1. The number of H-pyrrole nitrogens is 1. The number of Topliss-reactive ketones (excluding diaryl/α,β-unsaturated/α-hetero) is 1. The van der Waals surface area contributed by atoms with Crippen molar-refractivity contribution in [3.8, 4) is 5.69 Å². The Morgan fingerprint density at radius 3 is 2.38 bits per heavy atom. The van der Waals surface area contributed by atoms with Crippen molar-refractivity contribution in [2.75, 3.05) is 5.75 Å². The van der Waals surface area contributed by atoms with E-state index in [-0.39, 0.29) is 10.6 Å². The zero-order valence-electron chi connectivity index (χ0n) is 16.2. The van der Waals surface area contributed by atoms with Crippen molar-refractivity contribution in [2.24, 2.45) is 0 Å². The molecule has 0 saturated heterocycles. The molecule has 4 rings (SSSR count). The van der Waals surface area contributed by atoms with Gasteiger partial charge in [0.05, 0.1) is 20.9 Å². The number of carbonyl (C=O) groups excluding carboxylic acids is 1. The maximum atomic E-state index is 12.8. The van der Waals surface area contributed by atoms with Gasteiger partial charge in [-0.3, -0.25) is 9.59 Å². The lowest BCUT2D eigenvalue weighted by Gasteiger charge is -2.08. The van der Waals surface area contributed by atoms with Crippen LogP contribution in [-0.4, -0.2) is 29.5 Å². The minimum atomic E-state index is -3.76. The van der Waals surface area contributed by atoms with Gasteiger partial charge in [0.1, 0.15) is 9.96 Å². The smallest absolute Gasteiger partial charge is 0.306 e. The van der Waals surface area contributed by atoms with Gasteiger partial charge in [0.2, 0.25) is 0 Å². The summed E-state index contributed by atoms with van der Waals surface area (Å²) in [5, 5.41) is 0.690. The van der Waals surface area contributed by atoms with Crippen LogP contribution in [0.15, 0.2) is 68.4 Å². The van der Waals surface area contributed by atoms with Gasteiger partial charge < -0.3 is 4.98 Å². The second-order valence-corrected chi connectivity index (χ2v) is 11.3. The number of aromatic amines is 1. The van der Waals surface area contributed by atoms with Gasteiger partial charge in [-0.15, -0.1) is 11.3 Å². The first kappa shape index (κ1) is 22.5. The van der Waals surface area contributed by atoms with Crippen LogP contribution in [0.25, 0.3) is 16.6 Å². The van der Waals surface area contributed by atoms with Crippen molar-refractivity contribution in [3.05, 3.63) is 90.4 Å². The van der Waals surface area contributed by atoms with Crippen molar-refractivity contribution in [2.45, 2.75) is 10.6 Å². The fourth-order valence-electron chi connectivity index (χ4n) is 3.21. The SMILES string of the molecule is O=C(Cc1ccc(-n2c(=O)[nH]c3cc(Cl)ccc3c2=O)cc1)CS(=O)(=O)c1ccc(Cl)s1. The van der Waals surface area contributed by atoms with E-state index in [1.54, 1.807) is 18.2 Å². The molecule has 0 radical (unpaired) electrons. The molecule has 2 aromatic carbocycles. The number of rotatable bonds is 6. The molecule has 0 unspecified atom stereocenters. The van der Waals surface area contributed by atoms with Gasteiger partial charge >= 0.3 is 5.69 Å². The van der Waals surface area contributed by atoms with Crippen LogP contribution in [0, 0.1) is 0 Å². The van der Waals surface area contributed by atoms with Crippen molar-refractivity contribution in [3.63, 3.8) is 0 Å². The molecule has 2 heterocycles. The fourth-order valence-corrected chi connectivity index (χ4v) is 6.20. The summed E-state index contributed by atoms with van der Waals surface area (Å²) in [5.41, 5.74) is 0.0544. The number of halogens is 2. The predicted molar refractivity (Wildman–Crippen MR) is 125 cm³/mol. The van der Waals surface area contributed by atoms with Gasteiger partial charge in [-0.2, -0.15) is 0 Å². The third kappa shape index (κ3) is 4.56. The van der Waals surface area contributed by atoms with E-state index in [0.717, 1.165) is 15.9 Å². The lowest BCUT2D eigenvalue weighted by atomic mass is 10.1. The number of sulfone groups is 1. The summed E-state index contributed by atoms with van der Waals surface area (Å²) < 4.78 is 26.0. The lowest BCUT2D eigenvalue weighted by Crippen LogP contribution is -2.33. The average molecular weight is 509 g/mol. The first-order valence-corrected chi connectivity index (χ1v) is 12.4. The van der Waals surface area contributed by atoms with E-state index in [0.29, 0.717) is 31.5 Å². The first-order valence-electron chi connectivity index (χ1n) is 9.18. The molecule has 7 nitrogen and oxygen atoms in total. The summed E-state index contributed by atoms with van der Waals surface area (Å²) in [5.74, 6) is -1.13. The Morgan fingerprint density at radius 1 is 1.00 bits per heavy atom. The summed E-state index contributed by atoms with van der Waals surface area (Å²) >= 11 is 12.6.